The molecule has 0 bridgehead atoms. The summed E-state index contributed by atoms with van der Waals surface area (Å²) in [7, 11) is 0. The zero-order valence-corrected chi connectivity index (χ0v) is 14.5. The summed E-state index contributed by atoms with van der Waals surface area (Å²) in [5.41, 5.74) is 4.77. The number of allylic oxidation sites excluding steroid dienone is 1. The van der Waals surface area contributed by atoms with Crippen molar-refractivity contribution in [3.05, 3.63) is 70.9 Å². The van der Waals surface area contributed by atoms with Crippen LogP contribution in [0.15, 0.2) is 48.5 Å². The lowest BCUT2D eigenvalue weighted by molar-refractivity contribution is 0.0698. The zero-order valence-electron chi connectivity index (χ0n) is 14.5. The van der Waals surface area contributed by atoms with Crippen LogP contribution in [0.4, 0.5) is 0 Å². The van der Waals surface area contributed by atoms with E-state index < -0.39 is 5.97 Å². The van der Waals surface area contributed by atoms with Crippen LogP contribution >= 0.6 is 0 Å². The fourth-order valence-corrected chi connectivity index (χ4v) is 3.60. The second-order valence-corrected chi connectivity index (χ2v) is 6.28. The average molecular weight is 345 g/mol. The number of nitrogens with zero attached hydrogens (tertiary/aromatic N) is 1. The fraction of sp³-hybridized carbons (Fsp3) is 0.182. The number of carbonyl (C=O) groups is 1. The molecule has 1 heterocycles. The minimum absolute atomic E-state index is 0.382. The number of pyridine rings is 1. The first-order chi connectivity index (χ1) is 12.7. The van der Waals surface area contributed by atoms with Gasteiger partial charge in [0, 0.05) is 10.9 Å². The van der Waals surface area contributed by atoms with E-state index in [1.54, 1.807) is 0 Å². The minimum atomic E-state index is -0.893. The van der Waals surface area contributed by atoms with E-state index >= 15 is 0 Å². The van der Waals surface area contributed by atoms with E-state index in [1.807, 2.05) is 55.5 Å². The van der Waals surface area contributed by atoms with Crippen molar-refractivity contribution in [3.8, 4) is 5.75 Å². The van der Waals surface area contributed by atoms with Gasteiger partial charge in [-0.15, -0.1) is 0 Å². The van der Waals surface area contributed by atoms with Crippen molar-refractivity contribution in [1.29, 1.82) is 0 Å². The molecule has 1 aliphatic rings. The van der Waals surface area contributed by atoms with Crippen molar-refractivity contribution in [3.63, 3.8) is 0 Å². The molecular formula is C22H19NO3. The first-order valence-corrected chi connectivity index (χ1v) is 8.76. The predicted octanol–water partition coefficient (Wildman–Crippen LogP) is 4.82. The molecule has 4 nitrogen and oxygen atoms in total. The molecule has 0 unspecified atom stereocenters. The summed E-state index contributed by atoms with van der Waals surface area (Å²) in [4.78, 5) is 16.7. The van der Waals surface area contributed by atoms with Crippen LogP contribution in [-0.4, -0.2) is 22.7 Å². The van der Waals surface area contributed by atoms with Crippen LogP contribution in [0.25, 0.3) is 22.6 Å². The Bertz CT molecular complexity index is 1040. The molecule has 1 aromatic heterocycles. The Hall–Kier alpha value is -3.14. The van der Waals surface area contributed by atoms with Gasteiger partial charge in [-0.1, -0.05) is 36.4 Å². The normalized spacial score (nSPS) is 14.6. The van der Waals surface area contributed by atoms with Gasteiger partial charge in [0.25, 0.3) is 0 Å². The lowest BCUT2D eigenvalue weighted by Crippen LogP contribution is -2.05. The molecule has 1 N–H and O–H groups in total. The lowest BCUT2D eigenvalue weighted by atomic mass is 10.0. The number of fused-ring (bicyclic) bond motifs is 2. The Morgan fingerprint density at radius 3 is 2.73 bits per heavy atom. The second kappa shape index (κ2) is 6.64. The molecule has 0 atom stereocenters. The quantitative estimate of drug-likeness (QED) is 0.736. The Balaban J connectivity index is 1.90. The topological polar surface area (TPSA) is 59.4 Å². The minimum Gasteiger partial charge on any atom is -0.493 e. The lowest BCUT2D eigenvalue weighted by Gasteiger charge is -2.10. The zero-order chi connectivity index (χ0) is 18.1. The van der Waals surface area contributed by atoms with Crippen molar-refractivity contribution < 1.29 is 14.6 Å². The SMILES string of the molecule is CCOc1ccccc1/C=C1\CCc2c1nc1ccccc1c2C(=O)O. The third-order valence-corrected chi connectivity index (χ3v) is 4.70. The maximum absolute atomic E-state index is 11.9. The molecule has 0 saturated heterocycles. The van der Waals surface area contributed by atoms with Gasteiger partial charge in [-0.25, -0.2) is 9.78 Å². The molecule has 26 heavy (non-hydrogen) atoms. The highest BCUT2D eigenvalue weighted by atomic mass is 16.5. The van der Waals surface area contributed by atoms with Crippen LogP contribution in [0.1, 0.15) is 40.5 Å². The summed E-state index contributed by atoms with van der Waals surface area (Å²) in [6, 6.07) is 15.3. The summed E-state index contributed by atoms with van der Waals surface area (Å²) < 4.78 is 5.71. The Morgan fingerprint density at radius 1 is 1.15 bits per heavy atom. The molecule has 4 heteroatoms. The summed E-state index contributed by atoms with van der Waals surface area (Å²) >= 11 is 0. The Morgan fingerprint density at radius 2 is 1.92 bits per heavy atom. The number of benzene rings is 2. The number of hydrogen-bond donors (Lipinski definition) is 1. The second-order valence-electron chi connectivity index (χ2n) is 6.28. The van der Waals surface area contributed by atoms with Gasteiger partial charge in [-0.2, -0.15) is 0 Å². The van der Waals surface area contributed by atoms with Crippen LogP contribution in [0.3, 0.4) is 0 Å². The van der Waals surface area contributed by atoms with Crippen molar-refractivity contribution in [1.82, 2.24) is 4.98 Å². The van der Waals surface area contributed by atoms with Crippen LogP contribution in [0, 0.1) is 0 Å². The van der Waals surface area contributed by atoms with E-state index in [-0.39, 0.29) is 0 Å². The summed E-state index contributed by atoms with van der Waals surface area (Å²) in [5.74, 6) is -0.0639. The highest BCUT2D eigenvalue weighted by molar-refractivity contribution is 6.06. The number of aromatic nitrogens is 1. The molecule has 0 amide bonds. The van der Waals surface area contributed by atoms with E-state index in [0.29, 0.717) is 24.0 Å². The van der Waals surface area contributed by atoms with E-state index in [0.717, 1.165) is 40.1 Å². The van der Waals surface area contributed by atoms with Crippen molar-refractivity contribution in [2.45, 2.75) is 19.8 Å². The van der Waals surface area contributed by atoms with Crippen LogP contribution in [0.2, 0.25) is 0 Å². The number of carboxylic acids is 1. The van der Waals surface area contributed by atoms with Crippen LogP contribution in [-0.2, 0) is 6.42 Å². The van der Waals surface area contributed by atoms with Gasteiger partial charge >= 0.3 is 5.97 Å². The maximum Gasteiger partial charge on any atom is 0.336 e. The molecule has 130 valence electrons. The molecule has 0 fully saturated rings. The number of para-hydroxylation sites is 2. The molecule has 1 aliphatic carbocycles. The summed E-state index contributed by atoms with van der Waals surface area (Å²) in [6.07, 6.45) is 3.54. The number of hydrogen-bond acceptors (Lipinski definition) is 3. The van der Waals surface area contributed by atoms with Crippen LogP contribution in [0.5, 0.6) is 5.75 Å². The largest absolute Gasteiger partial charge is 0.493 e. The van der Waals surface area contributed by atoms with E-state index in [2.05, 4.69) is 6.08 Å². The van der Waals surface area contributed by atoms with Gasteiger partial charge in [-0.3, -0.25) is 0 Å². The number of rotatable bonds is 4. The Labute approximate surface area is 151 Å². The smallest absolute Gasteiger partial charge is 0.336 e. The first kappa shape index (κ1) is 16.3. The van der Waals surface area contributed by atoms with E-state index in [1.165, 1.54) is 0 Å². The highest BCUT2D eigenvalue weighted by Crippen LogP contribution is 2.38. The third kappa shape index (κ3) is 2.73. The summed E-state index contributed by atoms with van der Waals surface area (Å²) in [5, 5.41) is 10.5. The van der Waals surface area contributed by atoms with Gasteiger partial charge in [-0.05, 0) is 49.1 Å². The molecule has 0 spiro atoms. The van der Waals surface area contributed by atoms with Gasteiger partial charge in [0.15, 0.2) is 0 Å². The standard InChI is InChI=1S/C22H19NO3/c1-2-26-19-10-6-3-7-14(19)13-15-11-12-17-20(22(24)25)16-8-4-5-9-18(16)23-21(15)17/h3-10,13H,2,11-12H2,1H3,(H,24,25)/b15-13+. The molecule has 3 aromatic rings. The monoisotopic (exact) mass is 345 g/mol. The highest BCUT2D eigenvalue weighted by Gasteiger charge is 2.26. The van der Waals surface area contributed by atoms with E-state index in [4.69, 9.17) is 9.72 Å². The van der Waals surface area contributed by atoms with E-state index in [9.17, 15) is 9.90 Å². The molecule has 4 rings (SSSR count). The van der Waals surface area contributed by atoms with Gasteiger partial charge < -0.3 is 9.84 Å². The first-order valence-electron chi connectivity index (χ1n) is 8.76. The molecule has 0 radical (unpaired) electrons. The van der Waals surface area contributed by atoms with Gasteiger partial charge in [0.05, 0.1) is 23.4 Å². The van der Waals surface area contributed by atoms with Crippen molar-refractivity contribution in [2.24, 2.45) is 0 Å². The average Bonchev–Trinajstić information content (AvgIpc) is 3.03. The maximum atomic E-state index is 11.9. The third-order valence-electron chi connectivity index (χ3n) is 4.70. The number of carboxylic acid groups (broad SMARTS) is 1. The molecule has 0 saturated carbocycles. The fourth-order valence-electron chi connectivity index (χ4n) is 3.60. The van der Waals surface area contributed by atoms with Gasteiger partial charge in [0.1, 0.15) is 5.75 Å². The number of ether oxygens (including phenoxy) is 1. The van der Waals surface area contributed by atoms with Gasteiger partial charge in [0.2, 0.25) is 0 Å². The number of aromatic carboxylic acids is 1. The Kier molecular flexibility index (Phi) is 4.17. The molecule has 2 aromatic carbocycles. The predicted molar refractivity (Wildman–Crippen MR) is 103 cm³/mol. The van der Waals surface area contributed by atoms with Crippen molar-refractivity contribution >= 4 is 28.5 Å². The van der Waals surface area contributed by atoms with Crippen LogP contribution < -0.4 is 4.74 Å². The molecule has 0 aliphatic heterocycles. The molecular weight excluding hydrogens is 326 g/mol. The van der Waals surface area contributed by atoms with Crippen molar-refractivity contribution in [2.75, 3.05) is 6.61 Å². The summed E-state index contributed by atoms with van der Waals surface area (Å²) in [6.45, 7) is 2.56.